The SMILES string of the molecule is CCN1CC(C)(N2CCCC2)c2cc(OC)c(OC)cc2C1=O. The fourth-order valence-electron chi connectivity index (χ4n) is 3.94. The van der Waals surface area contributed by atoms with Gasteiger partial charge in [-0.25, -0.2) is 0 Å². The maximum atomic E-state index is 12.8. The molecule has 1 amide bonds. The Hall–Kier alpha value is -1.75. The molecule has 2 heterocycles. The lowest BCUT2D eigenvalue weighted by atomic mass is 9.82. The minimum Gasteiger partial charge on any atom is -0.493 e. The average molecular weight is 318 g/mol. The molecule has 2 aliphatic rings. The summed E-state index contributed by atoms with van der Waals surface area (Å²) in [5.41, 5.74) is 1.63. The van der Waals surface area contributed by atoms with E-state index in [1.165, 1.54) is 12.8 Å². The molecule has 2 aliphatic heterocycles. The van der Waals surface area contributed by atoms with Crippen LogP contribution in [0.25, 0.3) is 0 Å². The first-order chi connectivity index (χ1) is 11.0. The third-order valence-corrected chi connectivity index (χ3v) is 5.31. The number of rotatable bonds is 4. The van der Waals surface area contributed by atoms with Crippen molar-refractivity contribution in [1.82, 2.24) is 9.80 Å². The third-order valence-electron chi connectivity index (χ3n) is 5.31. The number of benzene rings is 1. The zero-order valence-corrected chi connectivity index (χ0v) is 14.5. The van der Waals surface area contributed by atoms with Crippen molar-refractivity contribution in [2.24, 2.45) is 0 Å². The molecular formula is C18H26N2O3. The van der Waals surface area contributed by atoms with Crippen molar-refractivity contribution >= 4 is 5.91 Å². The van der Waals surface area contributed by atoms with Gasteiger partial charge in [0.05, 0.1) is 19.8 Å². The Bertz CT molecular complexity index is 611. The Morgan fingerprint density at radius 1 is 1.13 bits per heavy atom. The molecule has 0 spiro atoms. The number of methoxy groups -OCH3 is 2. The van der Waals surface area contributed by atoms with Crippen molar-refractivity contribution in [2.75, 3.05) is 40.4 Å². The van der Waals surface area contributed by atoms with Crippen LogP contribution in [0.15, 0.2) is 12.1 Å². The van der Waals surface area contributed by atoms with Crippen molar-refractivity contribution < 1.29 is 14.3 Å². The van der Waals surface area contributed by atoms with Gasteiger partial charge in [-0.2, -0.15) is 0 Å². The number of hydrogen-bond donors (Lipinski definition) is 0. The van der Waals surface area contributed by atoms with Gasteiger partial charge < -0.3 is 14.4 Å². The molecule has 0 N–H and O–H groups in total. The van der Waals surface area contributed by atoms with Crippen LogP contribution in [0, 0.1) is 0 Å². The Morgan fingerprint density at radius 2 is 1.74 bits per heavy atom. The first-order valence-electron chi connectivity index (χ1n) is 8.36. The van der Waals surface area contributed by atoms with E-state index in [2.05, 4.69) is 11.8 Å². The lowest BCUT2D eigenvalue weighted by Crippen LogP contribution is -2.55. The maximum absolute atomic E-state index is 12.8. The number of carbonyl (C=O) groups excluding carboxylic acids is 1. The lowest BCUT2D eigenvalue weighted by Gasteiger charge is -2.47. The minimum atomic E-state index is -0.171. The summed E-state index contributed by atoms with van der Waals surface area (Å²) in [6, 6.07) is 3.84. The van der Waals surface area contributed by atoms with Gasteiger partial charge in [-0.3, -0.25) is 9.69 Å². The Kier molecular flexibility index (Phi) is 4.23. The molecule has 5 nitrogen and oxygen atoms in total. The van der Waals surface area contributed by atoms with Crippen LogP contribution in [-0.2, 0) is 5.54 Å². The number of likely N-dealkylation sites (N-methyl/N-ethyl adjacent to an activating group) is 1. The molecule has 1 fully saturated rings. The average Bonchev–Trinajstić information content (AvgIpc) is 3.12. The summed E-state index contributed by atoms with van der Waals surface area (Å²) < 4.78 is 10.9. The summed E-state index contributed by atoms with van der Waals surface area (Å²) in [5.74, 6) is 1.39. The van der Waals surface area contributed by atoms with E-state index in [1.54, 1.807) is 14.2 Å². The minimum absolute atomic E-state index is 0.0834. The van der Waals surface area contributed by atoms with E-state index in [4.69, 9.17) is 9.47 Å². The molecule has 3 rings (SSSR count). The van der Waals surface area contributed by atoms with Gasteiger partial charge in [0.1, 0.15) is 0 Å². The molecule has 5 heteroatoms. The van der Waals surface area contributed by atoms with Crippen LogP contribution in [-0.4, -0.2) is 56.1 Å². The van der Waals surface area contributed by atoms with Crippen molar-refractivity contribution in [3.63, 3.8) is 0 Å². The van der Waals surface area contributed by atoms with E-state index in [1.807, 2.05) is 24.0 Å². The van der Waals surface area contributed by atoms with Gasteiger partial charge in [0.2, 0.25) is 0 Å². The van der Waals surface area contributed by atoms with Gasteiger partial charge in [-0.1, -0.05) is 0 Å². The summed E-state index contributed by atoms with van der Waals surface area (Å²) in [7, 11) is 3.25. The number of carbonyl (C=O) groups is 1. The highest BCUT2D eigenvalue weighted by atomic mass is 16.5. The fourth-order valence-corrected chi connectivity index (χ4v) is 3.94. The largest absolute Gasteiger partial charge is 0.493 e. The zero-order valence-electron chi connectivity index (χ0n) is 14.5. The molecule has 1 aromatic carbocycles. The third kappa shape index (κ3) is 2.47. The molecule has 1 atom stereocenters. The summed E-state index contributed by atoms with van der Waals surface area (Å²) in [6.07, 6.45) is 2.44. The predicted molar refractivity (Wildman–Crippen MR) is 89.3 cm³/mol. The van der Waals surface area contributed by atoms with Crippen LogP contribution in [0.2, 0.25) is 0 Å². The molecule has 1 unspecified atom stereocenters. The Balaban J connectivity index is 2.17. The van der Waals surface area contributed by atoms with E-state index >= 15 is 0 Å². The summed E-state index contributed by atoms with van der Waals surface area (Å²) >= 11 is 0. The van der Waals surface area contributed by atoms with Gasteiger partial charge in [-0.15, -0.1) is 0 Å². The number of amides is 1. The number of nitrogens with zero attached hydrogens (tertiary/aromatic N) is 2. The summed E-state index contributed by atoms with van der Waals surface area (Å²) in [5, 5.41) is 0. The molecule has 0 radical (unpaired) electrons. The number of likely N-dealkylation sites (tertiary alicyclic amines) is 1. The second-order valence-electron chi connectivity index (χ2n) is 6.54. The highest BCUT2D eigenvalue weighted by Crippen LogP contribution is 2.43. The van der Waals surface area contributed by atoms with E-state index in [0.717, 1.165) is 37.3 Å². The second kappa shape index (κ2) is 6.04. The summed E-state index contributed by atoms with van der Waals surface area (Å²) in [4.78, 5) is 17.3. The van der Waals surface area contributed by atoms with Crippen LogP contribution in [0.1, 0.15) is 42.6 Å². The van der Waals surface area contributed by atoms with Gasteiger partial charge >= 0.3 is 0 Å². The molecular weight excluding hydrogens is 292 g/mol. The Labute approximate surface area is 138 Å². The van der Waals surface area contributed by atoms with Gasteiger partial charge in [0.25, 0.3) is 5.91 Å². The molecule has 23 heavy (non-hydrogen) atoms. The summed E-state index contributed by atoms with van der Waals surface area (Å²) in [6.45, 7) is 7.89. The normalized spacial score (nSPS) is 24.7. The number of ether oxygens (including phenoxy) is 2. The molecule has 0 saturated carbocycles. The first kappa shape index (κ1) is 16.1. The van der Waals surface area contributed by atoms with Crippen molar-refractivity contribution in [2.45, 2.75) is 32.2 Å². The highest BCUT2D eigenvalue weighted by molar-refractivity contribution is 5.98. The standard InChI is InChI=1S/C18H26N2O3/c1-5-19-12-18(2,20-8-6-7-9-20)14-11-16(23-4)15(22-3)10-13(14)17(19)21/h10-11H,5-9,12H2,1-4H3. The van der Waals surface area contributed by atoms with E-state index < -0.39 is 0 Å². The molecule has 1 saturated heterocycles. The Morgan fingerprint density at radius 3 is 2.30 bits per heavy atom. The topological polar surface area (TPSA) is 42.0 Å². The molecule has 1 aromatic rings. The smallest absolute Gasteiger partial charge is 0.254 e. The van der Waals surface area contributed by atoms with E-state index in [9.17, 15) is 4.79 Å². The molecule has 0 bridgehead atoms. The molecule has 126 valence electrons. The highest BCUT2D eigenvalue weighted by Gasteiger charge is 2.44. The number of fused-ring (bicyclic) bond motifs is 1. The second-order valence-corrected chi connectivity index (χ2v) is 6.54. The van der Waals surface area contributed by atoms with Gasteiger partial charge in [0.15, 0.2) is 11.5 Å². The predicted octanol–water partition coefficient (Wildman–Crippen LogP) is 2.49. The van der Waals surface area contributed by atoms with Crippen LogP contribution in [0.4, 0.5) is 0 Å². The quantitative estimate of drug-likeness (QED) is 0.855. The van der Waals surface area contributed by atoms with Crippen LogP contribution in [0.3, 0.4) is 0 Å². The van der Waals surface area contributed by atoms with Gasteiger partial charge in [-0.05, 0) is 57.5 Å². The van der Waals surface area contributed by atoms with Crippen molar-refractivity contribution in [1.29, 1.82) is 0 Å². The fraction of sp³-hybridized carbons (Fsp3) is 0.611. The van der Waals surface area contributed by atoms with E-state index in [-0.39, 0.29) is 11.4 Å². The number of hydrogen-bond acceptors (Lipinski definition) is 4. The lowest BCUT2D eigenvalue weighted by molar-refractivity contribution is 0.0446. The maximum Gasteiger partial charge on any atom is 0.254 e. The van der Waals surface area contributed by atoms with Crippen molar-refractivity contribution in [3.05, 3.63) is 23.3 Å². The first-order valence-corrected chi connectivity index (χ1v) is 8.36. The van der Waals surface area contributed by atoms with Crippen LogP contribution < -0.4 is 9.47 Å². The van der Waals surface area contributed by atoms with Crippen molar-refractivity contribution in [3.8, 4) is 11.5 Å². The van der Waals surface area contributed by atoms with E-state index in [0.29, 0.717) is 11.5 Å². The van der Waals surface area contributed by atoms with Crippen LogP contribution >= 0.6 is 0 Å². The van der Waals surface area contributed by atoms with Gasteiger partial charge in [0, 0.05) is 18.7 Å². The zero-order chi connectivity index (χ0) is 16.6. The molecule has 0 aliphatic carbocycles. The molecule has 0 aromatic heterocycles. The van der Waals surface area contributed by atoms with Crippen LogP contribution in [0.5, 0.6) is 11.5 Å². The monoisotopic (exact) mass is 318 g/mol.